The first kappa shape index (κ1) is 16.5. The highest BCUT2D eigenvalue weighted by Gasteiger charge is 2.28. The van der Waals surface area contributed by atoms with Gasteiger partial charge in [-0.25, -0.2) is 0 Å². The summed E-state index contributed by atoms with van der Waals surface area (Å²) in [4.78, 5) is 0. The summed E-state index contributed by atoms with van der Waals surface area (Å²) in [5, 5.41) is 2.09. The molecule has 20 heavy (non-hydrogen) atoms. The molecule has 1 unspecified atom stereocenters. The molecule has 0 aromatic heterocycles. The van der Waals surface area contributed by atoms with E-state index in [0.717, 1.165) is 23.7 Å². The zero-order chi connectivity index (χ0) is 14.3. The second-order valence-electron chi connectivity index (χ2n) is 5.96. The molecule has 1 atom stereocenters. The Morgan fingerprint density at radius 3 is 2.50 bits per heavy atom. The topological polar surface area (TPSA) is 9.23 Å². The standard InChI is InChI=1S/C17H24Br2O/c18-13-17(14-19,12-15-6-2-1-3-7-15)10-4-8-16-9-5-11-20-16/h1-3,6-7,16H,4-5,8-14H2. The van der Waals surface area contributed by atoms with Gasteiger partial charge in [0, 0.05) is 17.3 Å². The Bertz CT molecular complexity index is 370. The number of hydrogen-bond acceptors (Lipinski definition) is 1. The Morgan fingerprint density at radius 2 is 1.90 bits per heavy atom. The zero-order valence-corrected chi connectivity index (χ0v) is 15.2. The average molecular weight is 404 g/mol. The molecule has 1 saturated heterocycles. The maximum Gasteiger partial charge on any atom is 0.0576 e. The van der Waals surface area contributed by atoms with Crippen LogP contribution in [0.2, 0.25) is 0 Å². The third-order valence-electron chi connectivity index (χ3n) is 4.25. The quantitative estimate of drug-likeness (QED) is 0.531. The molecule has 1 aromatic rings. The first-order chi connectivity index (χ1) is 9.78. The summed E-state index contributed by atoms with van der Waals surface area (Å²) in [6, 6.07) is 10.8. The summed E-state index contributed by atoms with van der Waals surface area (Å²) in [7, 11) is 0. The van der Waals surface area contributed by atoms with Crippen LogP contribution in [0.3, 0.4) is 0 Å². The zero-order valence-electron chi connectivity index (χ0n) is 12.0. The lowest BCUT2D eigenvalue weighted by molar-refractivity contribution is 0.0991. The van der Waals surface area contributed by atoms with Gasteiger partial charge in [0.15, 0.2) is 0 Å². The van der Waals surface area contributed by atoms with Gasteiger partial charge in [0.05, 0.1) is 6.10 Å². The molecule has 3 heteroatoms. The second-order valence-corrected chi connectivity index (χ2v) is 7.08. The first-order valence-corrected chi connectivity index (χ1v) is 9.80. The fourth-order valence-electron chi connectivity index (χ4n) is 2.96. The molecule has 1 heterocycles. The van der Waals surface area contributed by atoms with Crippen molar-refractivity contribution in [2.24, 2.45) is 5.41 Å². The highest BCUT2D eigenvalue weighted by Crippen LogP contribution is 2.34. The van der Waals surface area contributed by atoms with Crippen LogP contribution in [-0.4, -0.2) is 23.4 Å². The largest absolute Gasteiger partial charge is 0.378 e. The molecular formula is C17H24Br2O. The normalized spacial score (nSPS) is 19.4. The maximum atomic E-state index is 5.73. The van der Waals surface area contributed by atoms with Crippen LogP contribution in [0, 0.1) is 5.41 Å². The minimum absolute atomic E-state index is 0.319. The molecule has 0 aliphatic carbocycles. The lowest BCUT2D eigenvalue weighted by Gasteiger charge is -2.30. The maximum absolute atomic E-state index is 5.73. The second kappa shape index (κ2) is 8.55. The highest BCUT2D eigenvalue weighted by molar-refractivity contribution is 9.09. The monoisotopic (exact) mass is 402 g/mol. The van der Waals surface area contributed by atoms with Crippen molar-refractivity contribution in [3.8, 4) is 0 Å². The molecule has 1 nitrogen and oxygen atoms in total. The van der Waals surface area contributed by atoms with Gasteiger partial charge in [-0.2, -0.15) is 0 Å². The summed E-state index contributed by atoms with van der Waals surface area (Å²) in [6.45, 7) is 0.969. The number of benzene rings is 1. The van der Waals surface area contributed by atoms with Crippen molar-refractivity contribution in [1.29, 1.82) is 0 Å². The van der Waals surface area contributed by atoms with Crippen molar-refractivity contribution in [2.75, 3.05) is 17.3 Å². The predicted molar refractivity (Wildman–Crippen MR) is 93.0 cm³/mol. The Labute approximate surface area is 139 Å². The van der Waals surface area contributed by atoms with Crippen molar-refractivity contribution in [2.45, 2.75) is 44.6 Å². The molecular weight excluding hydrogens is 380 g/mol. The van der Waals surface area contributed by atoms with Gasteiger partial charge in [-0.05, 0) is 43.1 Å². The van der Waals surface area contributed by atoms with E-state index in [-0.39, 0.29) is 0 Å². The minimum atomic E-state index is 0.319. The lowest BCUT2D eigenvalue weighted by atomic mass is 9.80. The van der Waals surface area contributed by atoms with Gasteiger partial charge in [0.2, 0.25) is 0 Å². The van der Waals surface area contributed by atoms with Crippen LogP contribution < -0.4 is 0 Å². The smallest absolute Gasteiger partial charge is 0.0576 e. The van der Waals surface area contributed by atoms with Gasteiger partial charge in [-0.1, -0.05) is 68.6 Å². The van der Waals surface area contributed by atoms with Crippen LogP contribution in [0.25, 0.3) is 0 Å². The third kappa shape index (κ3) is 4.85. The van der Waals surface area contributed by atoms with E-state index in [1.807, 2.05) is 0 Å². The van der Waals surface area contributed by atoms with E-state index >= 15 is 0 Å². The minimum Gasteiger partial charge on any atom is -0.378 e. The van der Waals surface area contributed by atoms with Gasteiger partial charge in [-0.3, -0.25) is 0 Å². The highest BCUT2D eigenvalue weighted by atomic mass is 79.9. The molecule has 0 spiro atoms. The molecule has 1 aliphatic heterocycles. The molecule has 1 fully saturated rings. The Morgan fingerprint density at radius 1 is 1.15 bits per heavy atom. The third-order valence-corrected chi connectivity index (χ3v) is 6.63. The van der Waals surface area contributed by atoms with Crippen molar-refractivity contribution < 1.29 is 4.74 Å². The van der Waals surface area contributed by atoms with Crippen molar-refractivity contribution in [1.82, 2.24) is 0 Å². The molecule has 0 amide bonds. The number of halogens is 2. The van der Waals surface area contributed by atoms with Gasteiger partial charge < -0.3 is 4.74 Å². The molecule has 0 radical (unpaired) electrons. The lowest BCUT2D eigenvalue weighted by Crippen LogP contribution is -2.28. The van der Waals surface area contributed by atoms with E-state index in [1.54, 1.807) is 0 Å². The van der Waals surface area contributed by atoms with Crippen molar-refractivity contribution in [3.05, 3.63) is 35.9 Å². The van der Waals surface area contributed by atoms with Gasteiger partial charge in [0.25, 0.3) is 0 Å². The summed E-state index contributed by atoms with van der Waals surface area (Å²) < 4.78 is 5.73. The Kier molecular flexibility index (Phi) is 7.06. The fourth-order valence-corrected chi connectivity index (χ4v) is 4.84. The van der Waals surface area contributed by atoms with Crippen LogP contribution in [-0.2, 0) is 11.2 Å². The SMILES string of the molecule is BrCC(CBr)(CCCC1CCCO1)Cc1ccccc1. The van der Waals surface area contributed by atoms with E-state index in [1.165, 1.54) is 37.7 Å². The van der Waals surface area contributed by atoms with Crippen LogP contribution in [0.5, 0.6) is 0 Å². The van der Waals surface area contributed by atoms with Crippen LogP contribution >= 0.6 is 31.9 Å². The van der Waals surface area contributed by atoms with E-state index in [9.17, 15) is 0 Å². The van der Waals surface area contributed by atoms with Crippen molar-refractivity contribution >= 4 is 31.9 Å². The molecule has 0 N–H and O–H groups in total. The van der Waals surface area contributed by atoms with E-state index in [4.69, 9.17) is 4.74 Å². The van der Waals surface area contributed by atoms with E-state index in [0.29, 0.717) is 11.5 Å². The van der Waals surface area contributed by atoms with Crippen molar-refractivity contribution in [3.63, 3.8) is 0 Å². The average Bonchev–Trinajstić information content (AvgIpc) is 3.00. The molecule has 1 aliphatic rings. The first-order valence-electron chi connectivity index (χ1n) is 7.55. The number of rotatable bonds is 8. The molecule has 0 bridgehead atoms. The van der Waals surface area contributed by atoms with Gasteiger partial charge >= 0.3 is 0 Å². The fraction of sp³-hybridized carbons (Fsp3) is 0.647. The summed E-state index contributed by atoms with van der Waals surface area (Å²) in [5.74, 6) is 0. The molecule has 1 aromatic carbocycles. The molecule has 0 saturated carbocycles. The van der Waals surface area contributed by atoms with Crippen LogP contribution in [0.1, 0.15) is 37.7 Å². The van der Waals surface area contributed by atoms with E-state index in [2.05, 4.69) is 62.2 Å². The van der Waals surface area contributed by atoms with Gasteiger partial charge in [-0.15, -0.1) is 0 Å². The summed E-state index contributed by atoms with van der Waals surface area (Å²) in [5.41, 5.74) is 1.75. The van der Waals surface area contributed by atoms with Gasteiger partial charge in [0.1, 0.15) is 0 Å². The number of hydrogen-bond donors (Lipinski definition) is 0. The predicted octanol–water partition coefficient (Wildman–Crippen LogP) is 5.35. The van der Waals surface area contributed by atoms with Crippen LogP contribution in [0.15, 0.2) is 30.3 Å². The molecule has 112 valence electrons. The summed E-state index contributed by atoms with van der Waals surface area (Å²) >= 11 is 7.49. The van der Waals surface area contributed by atoms with Crippen LogP contribution in [0.4, 0.5) is 0 Å². The van der Waals surface area contributed by atoms with E-state index < -0.39 is 0 Å². The summed E-state index contributed by atoms with van der Waals surface area (Å²) in [6.07, 6.45) is 7.89. The Hall–Kier alpha value is 0.140. The number of alkyl halides is 2. The Balaban J connectivity index is 1.87. The number of ether oxygens (including phenoxy) is 1. The molecule has 2 rings (SSSR count).